The van der Waals surface area contributed by atoms with Crippen molar-refractivity contribution in [1.82, 2.24) is 5.32 Å². The summed E-state index contributed by atoms with van der Waals surface area (Å²) in [6.45, 7) is 4.87. The SMILES string of the molecule is Cc1ccccc1C(O)CNC(C)c1ccc2c(c1)OCO2. The predicted octanol–water partition coefficient (Wildman–Crippen LogP) is 3.11. The molecule has 0 saturated carbocycles. The van der Waals surface area contributed by atoms with Crippen molar-refractivity contribution in [3.8, 4) is 11.5 Å². The van der Waals surface area contributed by atoms with Crippen LogP contribution in [0.3, 0.4) is 0 Å². The second-order valence-electron chi connectivity index (χ2n) is 5.62. The highest BCUT2D eigenvalue weighted by Crippen LogP contribution is 2.34. The van der Waals surface area contributed by atoms with Gasteiger partial charge < -0.3 is 19.9 Å². The molecule has 0 fully saturated rings. The van der Waals surface area contributed by atoms with Crippen LogP contribution in [0.2, 0.25) is 0 Å². The van der Waals surface area contributed by atoms with Gasteiger partial charge in [-0.15, -0.1) is 0 Å². The number of rotatable bonds is 5. The van der Waals surface area contributed by atoms with Gasteiger partial charge in [0, 0.05) is 12.6 Å². The molecule has 2 aromatic carbocycles. The monoisotopic (exact) mass is 299 g/mol. The third kappa shape index (κ3) is 3.08. The van der Waals surface area contributed by atoms with Gasteiger partial charge in [-0.3, -0.25) is 0 Å². The van der Waals surface area contributed by atoms with Crippen LogP contribution in [-0.2, 0) is 0 Å². The average molecular weight is 299 g/mol. The molecule has 3 rings (SSSR count). The van der Waals surface area contributed by atoms with E-state index in [-0.39, 0.29) is 12.8 Å². The number of hydrogen-bond acceptors (Lipinski definition) is 4. The molecule has 0 saturated heterocycles. The number of aryl methyl sites for hydroxylation is 1. The molecule has 2 unspecified atom stereocenters. The van der Waals surface area contributed by atoms with Crippen LogP contribution >= 0.6 is 0 Å². The standard InChI is InChI=1S/C18H21NO3/c1-12-5-3-4-6-15(12)16(20)10-19-13(2)14-7-8-17-18(9-14)22-11-21-17/h3-9,13,16,19-20H,10-11H2,1-2H3. The van der Waals surface area contributed by atoms with Crippen molar-refractivity contribution >= 4 is 0 Å². The van der Waals surface area contributed by atoms with Crippen molar-refractivity contribution in [1.29, 1.82) is 0 Å². The Bertz CT molecular complexity index is 657. The van der Waals surface area contributed by atoms with Crippen molar-refractivity contribution in [2.45, 2.75) is 26.0 Å². The fourth-order valence-corrected chi connectivity index (χ4v) is 2.66. The van der Waals surface area contributed by atoms with Crippen molar-refractivity contribution in [2.24, 2.45) is 0 Å². The lowest BCUT2D eigenvalue weighted by Gasteiger charge is -2.19. The Labute approximate surface area is 130 Å². The van der Waals surface area contributed by atoms with Crippen LogP contribution in [0, 0.1) is 6.92 Å². The molecule has 22 heavy (non-hydrogen) atoms. The van der Waals surface area contributed by atoms with Crippen LogP contribution in [0.15, 0.2) is 42.5 Å². The Balaban J connectivity index is 1.62. The number of hydrogen-bond donors (Lipinski definition) is 2. The summed E-state index contributed by atoms with van der Waals surface area (Å²) in [5, 5.41) is 13.7. The minimum Gasteiger partial charge on any atom is -0.454 e. The second kappa shape index (κ2) is 6.38. The Morgan fingerprint density at radius 2 is 1.91 bits per heavy atom. The molecule has 2 aromatic rings. The highest BCUT2D eigenvalue weighted by molar-refractivity contribution is 5.45. The summed E-state index contributed by atoms with van der Waals surface area (Å²) in [4.78, 5) is 0. The molecule has 0 amide bonds. The average Bonchev–Trinajstić information content (AvgIpc) is 3.00. The van der Waals surface area contributed by atoms with Gasteiger partial charge in [-0.2, -0.15) is 0 Å². The van der Waals surface area contributed by atoms with E-state index < -0.39 is 6.10 Å². The number of fused-ring (bicyclic) bond motifs is 1. The minimum atomic E-state index is -0.516. The molecule has 0 radical (unpaired) electrons. The molecule has 4 nitrogen and oxygen atoms in total. The zero-order chi connectivity index (χ0) is 15.5. The van der Waals surface area contributed by atoms with E-state index >= 15 is 0 Å². The zero-order valence-corrected chi connectivity index (χ0v) is 12.9. The van der Waals surface area contributed by atoms with Gasteiger partial charge in [0.25, 0.3) is 0 Å². The van der Waals surface area contributed by atoms with Gasteiger partial charge >= 0.3 is 0 Å². The molecular weight excluding hydrogens is 278 g/mol. The Morgan fingerprint density at radius 1 is 1.14 bits per heavy atom. The summed E-state index contributed by atoms with van der Waals surface area (Å²) in [6.07, 6.45) is -0.516. The van der Waals surface area contributed by atoms with Gasteiger partial charge in [-0.05, 0) is 42.7 Å². The molecule has 2 N–H and O–H groups in total. The van der Waals surface area contributed by atoms with E-state index in [0.29, 0.717) is 6.54 Å². The van der Waals surface area contributed by atoms with Crippen LogP contribution < -0.4 is 14.8 Å². The molecule has 4 heteroatoms. The normalized spacial score (nSPS) is 15.6. The maximum Gasteiger partial charge on any atom is 0.231 e. The van der Waals surface area contributed by atoms with Crippen LogP contribution in [0.1, 0.15) is 35.8 Å². The van der Waals surface area contributed by atoms with Gasteiger partial charge in [-0.25, -0.2) is 0 Å². The van der Waals surface area contributed by atoms with Crippen LogP contribution in [0.5, 0.6) is 11.5 Å². The molecule has 2 atom stereocenters. The number of nitrogens with one attached hydrogen (secondary N) is 1. The Kier molecular flexibility index (Phi) is 4.32. The lowest BCUT2D eigenvalue weighted by Crippen LogP contribution is -2.25. The lowest BCUT2D eigenvalue weighted by atomic mass is 10.0. The summed E-state index contributed by atoms with van der Waals surface area (Å²) >= 11 is 0. The van der Waals surface area contributed by atoms with Crippen molar-refractivity contribution in [3.05, 3.63) is 59.2 Å². The van der Waals surface area contributed by atoms with E-state index in [0.717, 1.165) is 28.2 Å². The van der Waals surface area contributed by atoms with E-state index in [2.05, 4.69) is 12.2 Å². The van der Waals surface area contributed by atoms with Crippen molar-refractivity contribution in [2.75, 3.05) is 13.3 Å². The zero-order valence-electron chi connectivity index (χ0n) is 12.9. The van der Waals surface area contributed by atoms with Gasteiger partial charge in [0.2, 0.25) is 6.79 Å². The van der Waals surface area contributed by atoms with E-state index in [1.165, 1.54) is 0 Å². The molecular formula is C18H21NO3. The first kappa shape index (κ1) is 14.9. The van der Waals surface area contributed by atoms with Crippen LogP contribution in [0.25, 0.3) is 0 Å². The van der Waals surface area contributed by atoms with Gasteiger partial charge in [0.15, 0.2) is 11.5 Å². The minimum absolute atomic E-state index is 0.119. The number of benzene rings is 2. The lowest BCUT2D eigenvalue weighted by molar-refractivity contribution is 0.170. The number of ether oxygens (including phenoxy) is 2. The van der Waals surface area contributed by atoms with Gasteiger partial charge in [0.05, 0.1) is 6.10 Å². The smallest absolute Gasteiger partial charge is 0.231 e. The second-order valence-corrected chi connectivity index (χ2v) is 5.62. The summed E-state index contributed by atoms with van der Waals surface area (Å²) in [7, 11) is 0. The predicted molar refractivity (Wildman–Crippen MR) is 85.1 cm³/mol. The molecule has 1 aliphatic heterocycles. The first-order valence-corrected chi connectivity index (χ1v) is 7.51. The van der Waals surface area contributed by atoms with E-state index in [4.69, 9.17) is 9.47 Å². The molecule has 1 aliphatic rings. The quantitative estimate of drug-likeness (QED) is 0.890. The molecule has 0 aromatic heterocycles. The Hall–Kier alpha value is -2.04. The molecule has 1 heterocycles. The number of aliphatic hydroxyl groups excluding tert-OH is 1. The van der Waals surface area contributed by atoms with Crippen molar-refractivity contribution < 1.29 is 14.6 Å². The highest BCUT2D eigenvalue weighted by atomic mass is 16.7. The summed E-state index contributed by atoms with van der Waals surface area (Å²) in [5.41, 5.74) is 3.18. The van der Waals surface area contributed by atoms with Gasteiger partial charge in [0.1, 0.15) is 0 Å². The molecule has 0 spiro atoms. The first-order valence-electron chi connectivity index (χ1n) is 7.51. The summed E-state index contributed by atoms with van der Waals surface area (Å²) in [6, 6.07) is 14.0. The first-order chi connectivity index (χ1) is 10.6. The van der Waals surface area contributed by atoms with Crippen molar-refractivity contribution in [3.63, 3.8) is 0 Å². The van der Waals surface area contributed by atoms with E-state index in [9.17, 15) is 5.11 Å². The maximum atomic E-state index is 10.3. The van der Waals surface area contributed by atoms with Crippen LogP contribution in [0.4, 0.5) is 0 Å². The largest absolute Gasteiger partial charge is 0.454 e. The Morgan fingerprint density at radius 3 is 2.73 bits per heavy atom. The molecule has 116 valence electrons. The fraction of sp³-hybridized carbons (Fsp3) is 0.333. The third-order valence-corrected chi connectivity index (χ3v) is 4.06. The molecule has 0 bridgehead atoms. The highest BCUT2D eigenvalue weighted by Gasteiger charge is 2.17. The fourth-order valence-electron chi connectivity index (χ4n) is 2.66. The third-order valence-electron chi connectivity index (χ3n) is 4.06. The summed E-state index contributed by atoms with van der Waals surface area (Å²) < 4.78 is 10.7. The molecule has 0 aliphatic carbocycles. The maximum absolute atomic E-state index is 10.3. The number of aliphatic hydroxyl groups is 1. The summed E-state index contributed by atoms with van der Waals surface area (Å²) in [5.74, 6) is 1.57. The topological polar surface area (TPSA) is 50.7 Å². The van der Waals surface area contributed by atoms with Gasteiger partial charge in [-0.1, -0.05) is 30.3 Å². The van der Waals surface area contributed by atoms with E-state index in [1.54, 1.807) is 0 Å². The van der Waals surface area contributed by atoms with Crippen LogP contribution in [-0.4, -0.2) is 18.4 Å². The van der Waals surface area contributed by atoms with E-state index in [1.807, 2.05) is 49.4 Å².